The van der Waals surface area contributed by atoms with Gasteiger partial charge in [-0.2, -0.15) is 0 Å². The van der Waals surface area contributed by atoms with Gasteiger partial charge in [0.05, 0.1) is 12.5 Å². The van der Waals surface area contributed by atoms with Gasteiger partial charge in [-0.15, -0.1) is 10.2 Å². The van der Waals surface area contributed by atoms with Crippen molar-refractivity contribution in [3.63, 3.8) is 0 Å². The molecule has 10 heteroatoms. The van der Waals surface area contributed by atoms with Crippen LogP contribution in [-0.2, 0) is 27.4 Å². The summed E-state index contributed by atoms with van der Waals surface area (Å²) in [4.78, 5) is 41.5. The maximum atomic E-state index is 12.6. The highest BCUT2D eigenvalue weighted by atomic mass is 35.5. The Morgan fingerprint density at radius 2 is 1.86 bits per heavy atom. The van der Waals surface area contributed by atoms with E-state index in [1.807, 2.05) is 24.3 Å². The second kappa shape index (κ2) is 12.5. The number of aryl methyl sites for hydroxylation is 1. The summed E-state index contributed by atoms with van der Waals surface area (Å²) in [6.07, 6.45) is 1.52. The Kier molecular flexibility index (Phi) is 8.90. The monoisotopic (exact) mass is 524 g/mol. The minimum Gasteiger partial charge on any atom is -0.489 e. The van der Waals surface area contributed by atoms with Crippen LogP contribution in [0.3, 0.4) is 0 Å². The summed E-state index contributed by atoms with van der Waals surface area (Å²) in [7, 11) is 0. The molecule has 1 amide bonds. The number of ether oxygens (including phenoxy) is 2. The highest BCUT2D eigenvalue weighted by Gasteiger charge is 2.28. The predicted octanol–water partition coefficient (Wildman–Crippen LogP) is 3.80. The van der Waals surface area contributed by atoms with Gasteiger partial charge in [-0.05, 0) is 61.7 Å². The van der Waals surface area contributed by atoms with Gasteiger partial charge in [0.1, 0.15) is 18.1 Å². The zero-order chi connectivity index (χ0) is 26.2. The molecule has 194 valence electrons. The minimum absolute atomic E-state index is 0.0686. The van der Waals surface area contributed by atoms with E-state index in [0.717, 1.165) is 5.56 Å². The van der Waals surface area contributed by atoms with Crippen molar-refractivity contribution in [3.05, 3.63) is 75.2 Å². The number of aromatic nitrogens is 3. The highest BCUT2D eigenvalue weighted by Crippen LogP contribution is 2.21. The van der Waals surface area contributed by atoms with E-state index in [-0.39, 0.29) is 41.9 Å². The van der Waals surface area contributed by atoms with Crippen molar-refractivity contribution in [2.75, 3.05) is 19.7 Å². The average molecular weight is 525 g/mol. The summed E-state index contributed by atoms with van der Waals surface area (Å²) < 4.78 is 10.9. The van der Waals surface area contributed by atoms with Gasteiger partial charge in [0.25, 0.3) is 5.56 Å². The first kappa shape index (κ1) is 26.3. The molecule has 1 aliphatic rings. The molecule has 0 aliphatic carbocycles. The molecule has 0 unspecified atom stereocenters. The fourth-order valence-corrected chi connectivity index (χ4v) is 4.38. The molecule has 1 saturated heterocycles. The summed E-state index contributed by atoms with van der Waals surface area (Å²) in [6.45, 7) is 3.53. The quantitative estimate of drug-likeness (QED) is 0.423. The van der Waals surface area contributed by atoms with Gasteiger partial charge in [-0.1, -0.05) is 23.7 Å². The van der Waals surface area contributed by atoms with E-state index in [9.17, 15) is 14.4 Å². The molecule has 0 radical (unpaired) electrons. The van der Waals surface area contributed by atoms with Crippen molar-refractivity contribution in [1.29, 1.82) is 0 Å². The number of halogens is 1. The van der Waals surface area contributed by atoms with E-state index in [0.29, 0.717) is 61.3 Å². The van der Waals surface area contributed by atoms with Gasteiger partial charge in [0.15, 0.2) is 5.82 Å². The Morgan fingerprint density at radius 1 is 1.11 bits per heavy atom. The Labute approximate surface area is 219 Å². The summed E-state index contributed by atoms with van der Waals surface area (Å²) in [5.74, 6) is 0.578. The number of hydrogen-bond acceptors (Lipinski definition) is 7. The molecule has 3 aromatic rings. The van der Waals surface area contributed by atoms with Crippen LogP contribution >= 0.6 is 11.6 Å². The third-order valence-corrected chi connectivity index (χ3v) is 6.47. The van der Waals surface area contributed by atoms with Gasteiger partial charge in [0, 0.05) is 36.5 Å². The molecule has 2 heterocycles. The number of H-pyrrole nitrogens is 1. The molecule has 1 N–H and O–H groups in total. The van der Waals surface area contributed by atoms with Gasteiger partial charge >= 0.3 is 5.97 Å². The van der Waals surface area contributed by atoms with Crippen LogP contribution in [0.4, 0.5) is 0 Å². The first-order valence-electron chi connectivity index (χ1n) is 12.3. The summed E-state index contributed by atoms with van der Waals surface area (Å²) in [5, 5.41) is 8.86. The maximum Gasteiger partial charge on any atom is 0.309 e. The number of esters is 1. The largest absolute Gasteiger partial charge is 0.489 e. The Morgan fingerprint density at radius 3 is 2.54 bits per heavy atom. The Balaban J connectivity index is 1.28. The first-order chi connectivity index (χ1) is 17.9. The molecule has 37 heavy (non-hydrogen) atoms. The summed E-state index contributed by atoms with van der Waals surface area (Å²) >= 11 is 6.00. The number of hydrogen-bond donors (Lipinski definition) is 1. The van der Waals surface area contributed by atoms with E-state index in [1.54, 1.807) is 36.1 Å². The number of nitrogens with one attached hydrogen (secondary N) is 1. The zero-order valence-electron chi connectivity index (χ0n) is 20.6. The van der Waals surface area contributed by atoms with E-state index in [4.69, 9.17) is 21.1 Å². The number of likely N-dealkylation sites (tertiary alicyclic amines) is 1. The average Bonchev–Trinajstić information content (AvgIpc) is 2.91. The third kappa shape index (κ3) is 7.16. The normalized spacial score (nSPS) is 13.8. The lowest BCUT2D eigenvalue weighted by molar-refractivity contribution is -0.151. The van der Waals surface area contributed by atoms with Crippen LogP contribution in [0.25, 0.3) is 11.4 Å². The van der Waals surface area contributed by atoms with Crippen LogP contribution in [0.2, 0.25) is 5.02 Å². The Bertz CT molecular complexity index is 1290. The van der Waals surface area contributed by atoms with Crippen LogP contribution in [-0.4, -0.2) is 51.7 Å². The molecule has 1 aliphatic heterocycles. The van der Waals surface area contributed by atoms with Crippen molar-refractivity contribution in [1.82, 2.24) is 20.1 Å². The molecule has 4 rings (SSSR count). The van der Waals surface area contributed by atoms with E-state index < -0.39 is 0 Å². The number of piperidine rings is 1. The van der Waals surface area contributed by atoms with Crippen LogP contribution in [0.1, 0.15) is 37.4 Å². The lowest BCUT2D eigenvalue weighted by Crippen LogP contribution is -2.40. The molecule has 1 fully saturated rings. The third-order valence-electron chi connectivity index (χ3n) is 6.23. The minimum atomic E-state index is -0.375. The van der Waals surface area contributed by atoms with Crippen molar-refractivity contribution >= 4 is 23.5 Å². The van der Waals surface area contributed by atoms with Crippen LogP contribution < -0.4 is 10.3 Å². The van der Waals surface area contributed by atoms with Crippen molar-refractivity contribution < 1.29 is 19.1 Å². The number of carbonyl (C=O) groups excluding carboxylic acids is 2. The van der Waals surface area contributed by atoms with E-state index in [2.05, 4.69) is 15.2 Å². The topological polar surface area (TPSA) is 114 Å². The molecule has 0 saturated carbocycles. The van der Waals surface area contributed by atoms with Gasteiger partial charge in [0.2, 0.25) is 5.91 Å². The first-order valence-corrected chi connectivity index (χ1v) is 12.7. The number of amides is 1. The molecule has 0 spiro atoms. The van der Waals surface area contributed by atoms with Gasteiger partial charge in [-0.3, -0.25) is 14.4 Å². The second-order valence-electron chi connectivity index (χ2n) is 8.80. The number of carbonyl (C=O) groups is 2. The van der Waals surface area contributed by atoms with E-state index in [1.165, 1.54) is 0 Å². The molecular formula is C27H29ClN4O5. The summed E-state index contributed by atoms with van der Waals surface area (Å²) in [5.41, 5.74) is 1.48. The lowest BCUT2D eigenvalue weighted by atomic mass is 9.96. The fraction of sp³-hybridized carbons (Fsp3) is 0.370. The fourth-order valence-electron chi connectivity index (χ4n) is 4.16. The van der Waals surface area contributed by atoms with Crippen molar-refractivity contribution in [3.8, 4) is 17.1 Å². The van der Waals surface area contributed by atoms with Gasteiger partial charge in [-0.25, -0.2) is 0 Å². The second-order valence-corrected chi connectivity index (χ2v) is 9.24. The number of aromatic amines is 1. The van der Waals surface area contributed by atoms with Crippen LogP contribution in [0, 0.1) is 5.92 Å². The Hall–Kier alpha value is -3.72. The molecule has 9 nitrogen and oxygen atoms in total. The van der Waals surface area contributed by atoms with Crippen LogP contribution in [0.15, 0.2) is 53.3 Å². The van der Waals surface area contributed by atoms with Gasteiger partial charge < -0.3 is 19.4 Å². The lowest BCUT2D eigenvalue weighted by Gasteiger charge is -2.30. The molecule has 1 aromatic heterocycles. The summed E-state index contributed by atoms with van der Waals surface area (Å²) in [6, 6.07) is 14.6. The zero-order valence-corrected chi connectivity index (χ0v) is 21.4. The van der Waals surface area contributed by atoms with Crippen LogP contribution in [0.5, 0.6) is 5.75 Å². The SMILES string of the molecule is CCOC(=O)C1CCN(C(=O)CCc2nnc(-c3ccc(OCc4cccc(Cl)c4)cc3)[nH]c2=O)CC1. The van der Waals surface area contributed by atoms with Crippen molar-refractivity contribution in [2.24, 2.45) is 5.92 Å². The van der Waals surface area contributed by atoms with Crippen molar-refractivity contribution in [2.45, 2.75) is 39.2 Å². The highest BCUT2D eigenvalue weighted by molar-refractivity contribution is 6.30. The molecule has 0 bridgehead atoms. The smallest absolute Gasteiger partial charge is 0.309 e. The standard InChI is InChI=1S/C27H29ClN4O5/c1-2-36-27(35)20-12-14-32(15-13-20)24(33)11-10-23-26(34)29-25(31-30-23)19-6-8-22(9-7-19)37-17-18-4-3-5-21(28)16-18/h3-9,16,20H,2,10-15,17H2,1H3,(H,29,31,34). The number of benzene rings is 2. The van der Waals surface area contributed by atoms with E-state index >= 15 is 0 Å². The molecule has 2 aromatic carbocycles. The predicted molar refractivity (Wildman–Crippen MR) is 138 cm³/mol. The number of nitrogens with zero attached hydrogens (tertiary/aromatic N) is 3. The maximum absolute atomic E-state index is 12.6. The molecule has 0 atom stereocenters. The number of rotatable bonds is 9. The molecular weight excluding hydrogens is 496 g/mol.